The molecule has 1 heteroatoms. The van der Waals surface area contributed by atoms with Crippen molar-refractivity contribution in [2.45, 2.75) is 65.3 Å². The van der Waals surface area contributed by atoms with E-state index in [1.54, 1.807) is 0 Å². The van der Waals surface area contributed by atoms with E-state index in [0.717, 1.165) is 11.8 Å². The molecule has 1 atom stereocenters. The van der Waals surface area contributed by atoms with Gasteiger partial charge in [-0.3, -0.25) is 0 Å². The summed E-state index contributed by atoms with van der Waals surface area (Å²) in [4.78, 5) is 0. The first-order valence-electron chi connectivity index (χ1n) is 8.40. The van der Waals surface area contributed by atoms with Crippen molar-refractivity contribution in [3.05, 3.63) is 34.9 Å². The van der Waals surface area contributed by atoms with Crippen molar-refractivity contribution in [1.82, 2.24) is 5.32 Å². The van der Waals surface area contributed by atoms with E-state index in [-0.39, 0.29) is 0 Å². The molecule has 0 aromatic heterocycles. The van der Waals surface area contributed by atoms with Crippen LogP contribution in [0.25, 0.3) is 0 Å². The standard InChI is InChI=1S/C19H31N/c1-5-6-16-8-11-17(12-9-16)19(20-4)18-10-7-14(2)15(3)13-18/h7,10,13,16-17,19-20H,5-6,8-9,11-12H2,1-4H3. The summed E-state index contributed by atoms with van der Waals surface area (Å²) in [6.07, 6.45) is 8.43. The van der Waals surface area contributed by atoms with Gasteiger partial charge >= 0.3 is 0 Å². The summed E-state index contributed by atoms with van der Waals surface area (Å²) < 4.78 is 0. The van der Waals surface area contributed by atoms with Crippen molar-refractivity contribution in [1.29, 1.82) is 0 Å². The molecule has 1 aromatic carbocycles. The first kappa shape index (κ1) is 15.6. The van der Waals surface area contributed by atoms with Gasteiger partial charge in [0.05, 0.1) is 0 Å². The molecular weight excluding hydrogens is 242 g/mol. The maximum atomic E-state index is 3.58. The molecule has 1 aromatic rings. The van der Waals surface area contributed by atoms with Crippen LogP contribution in [0.1, 0.15) is 68.2 Å². The summed E-state index contributed by atoms with van der Waals surface area (Å²) in [5.41, 5.74) is 4.30. The van der Waals surface area contributed by atoms with E-state index in [9.17, 15) is 0 Å². The Labute approximate surface area is 125 Å². The number of rotatable bonds is 5. The second-order valence-corrected chi connectivity index (χ2v) is 6.68. The van der Waals surface area contributed by atoms with Crippen LogP contribution in [0.15, 0.2) is 18.2 Å². The summed E-state index contributed by atoms with van der Waals surface area (Å²) in [6.45, 7) is 6.74. The van der Waals surface area contributed by atoms with Crippen LogP contribution in [0.5, 0.6) is 0 Å². The monoisotopic (exact) mass is 273 g/mol. The molecule has 1 unspecified atom stereocenters. The lowest BCUT2D eigenvalue weighted by atomic mass is 9.75. The second-order valence-electron chi connectivity index (χ2n) is 6.68. The molecule has 1 aliphatic carbocycles. The maximum Gasteiger partial charge on any atom is 0.0346 e. The van der Waals surface area contributed by atoms with Crippen LogP contribution in [0.4, 0.5) is 0 Å². The molecule has 2 rings (SSSR count). The molecule has 1 N–H and O–H groups in total. The van der Waals surface area contributed by atoms with Gasteiger partial charge in [-0.2, -0.15) is 0 Å². The lowest BCUT2D eigenvalue weighted by molar-refractivity contribution is 0.219. The van der Waals surface area contributed by atoms with Gasteiger partial charge in [-0.1, -0.05) is 50.8 Å². The molecule has 0 spiro atoms. The van der Waals surface area contributed by atoms with Crippen LogP contribution >= 0.6 is 0 Å². The number of aryl methyl sites for hydroxylation is 2. The predicted molar refractivity (Wildman–Crippen MR) is 88.1 cm³/mol. The van der Waals surface area contributed by atoms with E-state index >= 15 is 0 Å². The molecule has 0 amide bonds. The molecule has 0 aliphatic heterocycles. The van der Waals surface area contributed by atoms with E-state index in [4.69, 9.17) is 0 Å². The molecule has 20 heavy (non-hydrogen) atoms. The van der Waals surface area contributed by atoms with Crippen molar-refractivity contribution in [2.75, 3.05) is 7.05 Å². The molecule has 112 valence electrons. The summed E-state index contributed by atoms with van der Waals surface area (Å²) >= 11 is 0. The average molecular weight is 273 g/mol. The number of benzene rings is 1. The van der Waals surface area contributed by atoms with E-state index in [0.29, 0.717) is 6.04 Å². The topological polar surface area (TPSA) is 12.0 Å². The normalized spacial score (nSPS) is 24.6. The second kappa shape index (κ2) is 7.26. The van der Waals surface area contributed by atoms with Gasteiger partial charge < -0.3 is 5.32 Å². The van der Waals surface area contributed by atoms with E-state index in [1.165, 1.54) is 55.2 Å². The van der Waals surface area contributed by atoms with Gasteiger partial charge in [-0.15, -0.1) is 0 Å². The van der Waals surface area contributed by atoms with Crippen molar-refractivity contribution in [3.63, 3.8) is 0 Å². The smallest absolute Gasteiger partial charge is 0.0346 e. The van der Waals surface area contributed by atoms with Crippen molar-refractivity contribution >= 4 is 0 Å². The van der Waals surface area contributed by atoms with Crippen molar-refractivity contribution in [3.8, 4) is 0 Å². The summed E-state index contributed by atoms with van der Waals surface area (Å²) in [6, 6.07) is 7.52. The Morgan fingerprint density at radius 1 is 1.10 bits per heavy atom. The fraction of sp³-hybridized carbons (Fsp3) is 0.684. The third-order valence-corrected chi connectivity index (χ3v) is 5.26. The lowest BCUT2D eigenvalue weighted by Gasteiger charge is -2.34. The average Bonchev–Trinajstić information content (AvgIpc) is 2.46. The summed E-state index contributed by atoms with van der Waals surface area (Å²) in [5, 5.41) is 3.58. The third-order valence-electron chi connectivity index (χ3n) is 5.26. The molecule has 0 bridgehead atoms. The van der Waals surface area contributed by atoms with Crippen LogP contribution in [-0.2, 0) is 0 Å². The number of nitrogens with one attached hydrogen (secondary N) is 1. The largest absolute Gasteiger partial charge is 0.313 e. The summed E-state index contributed by atoms with van der Waals surface area (Å²) in [5.74, 6) is 1.81. The zero-order chi connectivity index (χ0) is 14.5. The summed E-state index contributed by atoms with van der Waals surface area (Å²) in [7, 11) is 2.12. The Bertz CT molecular complexity index is 416. The molecule has 1 nitrogen and oxygen atoms in total. The fourth-order valence-electron chi connectivity index (χ4n) is 3.85. The molecule has 1 fully saturated rings. The van der Waals surface area contributed by atoms with Crippen LogP contribution in [-0.4, -0.2) is 7.05 Å². The Balaban J connectivity index is 2.03. The molecule has 1 aliphatic rings. The zero-order valence-electron chi connectivity index (χ0n) is 13.7. The minimum atomic E-state index is 0.539. The molecule has 1 saturated carbocycles. The van der Waals surface area contributed by atoms with Crippen LogP contribution < -0.4 is 5.32 Å². The minimum Gasteiger partial charge on any atom is -0.313 e. The van der Waals surface area contributed by atoms with Gasteiger partial charge in [0.1, 0.15) is 0 Å². The highest BCUT2D eigenvalue weighted by atomic mass is 14.9. The molecule has 0 heterocycles. The van der Waals surface area contributed by atoms with Gasteiger partial charge in [0.15, 0.2) is 0 Å². The molecule has 0 saturated heterocycles. The first-order chi connectivity index (χ1) is 9.65. The Morgan fingerprint density at radius 2 is 1.80 bits per heavy atom. The minimum absolute atomic E-state index is 0.539. The number of hydrogen-bond donors (Lipinski definition) is 1. The number of hydrogen-bond acceptors (Lipinski definition) is 1. The molecule has 0 radical (unpaired) electrons. The van der Waals surface area contributed by atoms with E-state index < -0.39 is 0 Å². The van der Waals surface area contributed by atoms with E-state index in [2.05, 4.69) is 51.3 Å². The van der Waals surface area contributed by atoms with Gasteiger partial charge in [-0.05, 0) is 62.3 Å². The van der Waals surface area contributed by atoms with Gasteiger partial charge in [-0.25, -0.2) is 0 Å². The van der Waals surface area contributed by atoms with E-state index in [1.807, 2.05) is 0 Å². The fourth-order valence-corrected chi connectivity index (χ4v) is 3.85. The zero-order valence-corrected chi connectivity index (χ0v) is 13.7. The van der Waals surface area contributed by atoms with Crippen molar-refractivity contribution < 1.29 is 0 Å². The highest BCUT2D eigenvalue weighted by Gasteiger charge is 2.27. The maximum absolute atomic E-state index is 3.58. The Morgan fingerprint density at radius 3 is 2.35 bits per heavy atom. The van der Waals surface area contributed by atoms with Gasteiger partial charge in [0, 0.05) is 6.04 Å². The SMILES string of the molecule is CCCC1CCC(C(NC)c2ccc(C)c(C)c2)CC1. The van der Waals surface area contributed by atoms with Crippen LogP contribution in [0, 0.1) is 25.7 Å². The third kappa shape index (κ3) is 3.63. The van der Waals surface area contributed by atoms with Crippen LogP contribution in [0.2, 0.25) is 0 Å². The lowest BCUT2D eigenvalue weighted by Crippen LogP contribution is -2.28. The Hall–Kier alpha value is -0.820. The van der Waals surface area contributed by atoms with Gasteiger partial charge in [0.25, 0.3) is 0 Å². The Kier molecular flexibility index (Phi) is 5.65. The first-order valence-corrected chi connectivity index (χ1v) is 8.40. The highest BCUT2D eigenvalue weighted by molar-refractivity contribution is 5.32. The van der Waals surface area contributed by atoms with Crippen molar-refractivity contribution in [2.24, 2.45) is 11.8 Å². The predicted octanol–water partition coefficient (Wildman–Crippen LogP) is 5.17. The van der Waals surface area contributed by atoms with Crippen LogP contribution in [0.3, 0.4) is 0 Å². The highest BCUT2D eigenvalue weighted by Crippen LogP contribution is 2.38. The molecular formula is C19H31N. The quantitative estimate of drug-likeness (QED) is 0.780. The van der Waals surface area contributed by atoms with Gasteiger partial charge in [0.2, 0.25) is 0 Å².